The maximum absolute atomic E-state index is 5.22. The van der Waals surface area contributed by atoms with E-state index in [4.69, 9.17) is 4.74 Å². The lowest BCUT2D eigenvalue weighted by Crippen LogP contribution is -1.93. The maximum atomic E-state index is 5.22. The Morgan fingerprint density at radius 2 is 1.75 bits per heavy atom. The molecule has 3 atom stereocenters. The summed E-state index contributed by atoms with van der Waals surface area (Å²) in [5.74, 6) is 2.89. The van der Waals surface area contributed by atoms with Crippen molar-refractivity contribution >= 4 is 0 Å². The molecule has 1 heteroatoms. The first kappa shape index (κ1) is 8.31. The maximum Gasteiger partial charge on any atom is 0.0496 e. The molecule has 0 amide bonds. The average Bonchev–Trinajstić information content (AvgIpc) is 2.61. The van der Waals surface area contributed by atoms with Gasteiger partial charge in [-0.05, 0) is 43.4 Å². The van der Waals surface area contributed by atoms with Crippen LogP contribution in [0.15, 0.2) is 12.2 Å². The van der Waals surface area contributed by atoms with E-state index in [0.717, 1.165) is 24.4 Å². The van der Waals surface area contributed by atoms with Gasteiger partial charge in [0.2, 0.25) is 0 Å². The fraction of sp³-hybridized carbons (Fsp3) is 0.818. The highest BCUT2D eigenvalue weighted by molar-refractivity contribution is 5.01. The summed E-state index contributed by atoms with van der Waals surface area (Å²) in [5, 5.41) is 0. The van der Waals surface area contributed by atoms with Crippen LogP contribution in [0.1, 0.15) is 25.7 Å². The summed E-state index contributed by atoms with van der Waals surface area (Å²) in [6.07, 6.45) is 10.1. The molecule has 0 radical (unpaired) electrons. The summed E-state index contributed by atoms with van der Waals surface area (Å²) in [6, 6.07) is 0. The molecule has 0 bridgehead atoms. The van der Waals surface area contributed by atoms with Crippen LogP contribution >= 0.6 is 0 Å². The molecule has 68 valence electrons. The molecule has 2 rings (SSSR count). The van der Waals surface area contributed by atoms with E-state index in [1.165, 1.54) is 25.7 Å². The molecule has 0 saturated heterocycles. The van der Waals surface area contributed by atoms with Crippen LogP contribution in [-0.2, 0) is 4.74 Å². The summed E-state index contributed by atoms with van der Waals surface area (Å²) in [7, 11) is 1.82. The molecule has 0 N–H and O–H groups in total. The molecule has 0 unspecified atom stereocenters. The van der Waals surface area contributed by atoms with Crippen molar-refractivity contribution in [2.75, 3.05) is 13.7 Å². The number of fused-ring (bicyclic) bond motifs is 1. The summed E-state index contributed by atoms with van der Waals surface area (Å²) in [6.45, 7) is 0.995. The zero-order valence-corrected chi connectivity index (χ0v) is 7.83. The smallest absolute Gasteiger partial charge is 0.0496 e. The van der Waals surface area contributed by atoms with E-state index in [9.17, 15) is 0 Å². The molecular formula is C11H18O. The third-order valence-corrected chi connectivity index (χ3v) is 3.37. The van der Waals surface area contributed by atoms with E-state index >= 15 is 0 Å². The van der Waals surface area contributed by atoms with Gasteiger partial charge >= 0.3 is 0 Å². The van der Waals surface area contributed by atoms with Crippen molar-refractivity contribution in [1.82, 2.24) is 0 Å². The van der Waals surface area contributed by atoms with Gasteiger partial charge in [-0.15, -0.1) is 0 Å². The van der Waals surface area contributed by atoms with Crippen molar-refractivity contribution in [2.45, 2.75) is 25.7 Å². The number of rotatable bonds is 2. The molecule has 1 nitrogen and oxygen atoms in total. The molecule has 12 heavy (non-hydrogen) atoms. The van der Waals surface area contributed by atoms with Gasteiger partial charge in [-0.25, -0.2) is 0 Å². The van der Waals surface area contributed by atoms with Crippen LogP contribution in [-0.4, -0.2) is 13.7 Å². The Kier molecular flexibility index (Phi) is 2.50. The first-order valence-electron chi connectivity index (χ1n) is 5.07. The van der Waals surface area contributed by atoms with Crippen LogP contribution in [0.3, 0.4) is 0 Å². The largest absolute Gasteiger partial charge is 0.384 e. The highest BCUT2D eigenvalue weighted by atomic mass is 16.5. The highest BCUT2D eigenvalue weighted by Crippen LogP contribution is 2.52. The minimum Gasteiger partial charge on any atom is -0.384 e. The topological polar surface area (TPSA) is 9.23 Å². The van der Waals surface area contributed by atoms with Crippen LogP contribution < -0.4 is 0 Å². The van der Waals surface area contributed by atoms with Crippen LogP contribution in [0.2, 0.25) is 0 Å². The second kappa shape index (κ2) is 3.61. The fourth-order valence-electron chi connectivity index (χ4n) is 2.63. The van der Waals surface area contributed by atoms with Gasteiger partial charge in [0.05, 0.1) is 0 Å². The summed E-state index contributed by atoms with van der Waals surface area (Å²) in [4.78, 5) is 0. The van der Waals surface area contributed by atoms with Gasteiger partial charge < -0.3 is 4.74 Å². The minimum atomic E-state index is 0.898. The van der Waals surface area contributed by atoms with Crippen LogP contribution in [0.25, 0.3) is 0 Å². The van der Waals surface area contributed by atoms with Gasteiger partial charge in [0.15, 0.2) is 0 Å². The summed E-state index contributed by atoms with van der Waals surface area (Å²) in [5.41, 5.74) is 0. The van der Waals surface area contributed by atoms with E-state index in [1.807, 2.05) is 7.11 Å². The lowest BCUT2D eigenvalue weighted by atomic mass is 10.1. The molecule has 2 aliphatic rings. The molecule has 0 spiro atoms. The number of allylic oxidation sites excluding steroid dienone is 2. The monoisotopic (exact) mass is 166 g/mol. The van der Waals surface area contributed by atoms with Crippen LogP contribution in [0.5, 0.6) is 0 Å². The zero-order chi connectivity index (χ0) is 8.39. The first-order valence-corrected chi connectivity index (χ1v) is 5.07. The second-order valence-electron chi connectivity index (χ2n) is 4.07. The SMILES string of the molecule is COC[C@H]1[C@@H]2CC/C=C/CC[C@@H]21. The minimum absolute atomic E-state index is 0.898. The van der Waals surface area contributed by atoms with E-state index in [2.05, 4.69) is 12.2 Å². The van der Waals surface area contributed by atoms with Gasteiger partial charge in [-0.1, -0.05) is 12.2 Å². The molecule has 1 fully saturated rings. The fourth-order valence-corrected chi connectivity index (χ4v) is 2.63. The molecule has 0 heterocycles. The Morgan fingerprint density at radius 3 is 2.25 bits per heavy atom. The Bertz CT molecular complexity index is 158. The van der Waals surface area contributed by atoms with Crippen molar-refractivity contribution in [3.05, 3.63) is 12.2 Å². The van der Waals surface area contributed by atoms with Crippen LogP contribution in [0, 0.1) is 17.8 Å². The summed E-state index contributed by atoms with van der Waals surface area (Å²) < 4.78 is 5.22. The zero-order valence-electron chi connectivity index (χ0n) is 7.83. The molecule has 0 aromatic heterocycles. The third kappa shape index (κ3) is 1.56. The lowest BCUT2D eigenvalue weighted by Gasteiger charge is -1.99. The quantitative estimate of drug-likeness (QED) is 0.573. The summed E-state index contributed by atoms with van der Waals surface area (Å²) >= 11 is 0. The van der Waals surface area contributed by atoms with Gasteiger partial charge in [0, 0.05) is 13.7 Å². The molecule has 0 aliphatic heterocycles. The van der Waals surface area contributed by atoms with Gasteiger partial charge in [-0.2, -0.15) is 0 Å². The molecule has 1 saturated carbocycles. The Morgan fingerprint density at radius 1 is 1.17 bits per heavy atom. The van der Waals surface area contributed by atoms with Crippen LogP contribution in [0.4, 0.5) is 0 Å². The van der Waals surface area contributed by atoms with E-state index in [0.29, 0.717) is 0 Å². The van der Waals surface area contributed by atoms with Crippen molar-refractivity contribution in [3.8, 4) is 0 Å². The van der Waals surface area contributed by atoms with Crippen molar-refractivity contribution < 1.29 is 4.74 Å². The number of hydrogen-bond acceptors (Lipinski definition) is 1. The van der Waals surface area contributed by atoms with E-state index in [1.54, 1.807) is 0 Å². The third-order valence-electron chi connectivity index (χ3n) is 3.37. The first-order chi connectivity index (χ1) is 5.93. The molecule has 2 aliphatic carbocycles. The predicted octanol–water partition coefficient (Wildman–Crippen LogP) is 2.63. The second-order valence-corrected chi connectivity index (χ2v) is 4.07. The normalized spacial score (nSPS) is 42.6. The Labute approximate surface area is 74.8 Å². The van der Waals surface area contributed by atoms with Crippen molar-refractivity contribution in [2.24, 2.45) is 17.8 Å². The number of hydrogen-bond donors (Lipinski definition) is 0. The lowest BCUT2D eigenvalue weighted by molar-refractivity contribution is 0.176. The predicted molar refractivity (Wildman–Crippen MR) is 50.0 cm³/mol. The van der Waals surface area contributed by atoms with E-state index in [-0.39, 0.29) is 0 Å². The Balaban J connectivity index is 1.85. The van der Waals surface area contributed by atoms with Gasteiger partial charge in [0.1, 0.15) is 0 Å². The van der Waals surface area contributed by atoms with Gasteiger partial charge in [-0.3, -0.25) is 0 Å². The highest BCUT2D eigenvalue weighted by Gasteiger charge is 2.48. The van der Waals surface area contributed by atoms with Crippen molar-refractivity contribution in [1.29, 1.82) is 0 Å². The average molecular weight is 166 g/mol. The molecule has 0 aromatic carbocycles. The number of methoxy groups -OCH3 is 1. The van der Waals surface area contributed by atoms with Crippen molar-refractivity contribution in [3.63, 3.8) is 0 Å². The molecular weight excluding hydrogens is 148 g/mol. The van der Waals surface area contributed by atoms with E-state index < -0.39 is 0 Å². The molecule has 0 aromatic rings. The van der Waals surface area contributed by atoms with Gasteiger partial charge in [0.25, 0.3) is 0 Å². The standard InChI is InChI=1S/C11H18O/c1-12-8-11-9-6-4-2-3-5-7-10(9)11/h2-3,9-11H,4-8H2,1H3/b3-2+/t9-,10+,11+. The Hall–Kier alpha value is -0.300. The number of ether oxygens (including phenoxy) is 1.